The Hall–Kier alpha value is -4.97. The summed E-state index contributed by atoms with van der Waals surface area (Å²) in [5.74, 6) is -0.968. The molecule has 6 nitrogen and oxygen atoms in total. The Bertz CT molecular complexity index is 1740. The van der Waals surface area contributed by atoms with Crippen LogP contribution in [-0.2, 0) is 28.6 Å². The van der Waals surface area contributed by atoms with Crippen molar-refractivity contribution < 1.29 is 28.6 Å². The third-order valence-electron chi connectivity index (χ3n) is 12.5. The van der Waals surface area contributed by atoms with Gasteiger partial charge >= 0.3 is 17.9 Å². The highest BCUT2D eigenvalue weighted by Crippen LogP contribution is 2.14. The molecule has 0 rings (SSSR count). The van der Waals surface area contributed by atoms with E-state index in [4.69, 9.17) is 14.2 Å². The van der Waals surface area contributed by atoms with E-state index in [2.05, 4.69) is 179 Å². The molecule has 0 fully saturated rings. The summed E-state index contributed by atoms with van der Waals surface area (Å²) in [5, 5.41) is 0. The third-order valence-corrected chi connectivity index (χ3v) is 12.5. The Balaban J connectivity index is 4.19. The highest BCUT2D eigenvalue weighted by molar-refractivity contribution is 5.71. The quantitative estimate of drug-likeness (QED) is 0.0261. The molecule has 0 bridgehead atoms. The smallest absolute Gasteiger partial charge is 0.306 e. The molecule has 0 spiro atoms. The van der Waals surface area contributed by atoms with E-state index in [1.165, 1.54) is 57.8 Å². The molecule has 0 radical (unpaired) electrons. The van der Waals surface area contributed by atoms with E-state index in [0.29, 0.717) is 25.7 Å². The summed E-state index contributed by atoms with van der Waals surface area (Å²) in [6, 6.07) is 0. The van der Waals surface area contributed by atoms with Crippen molar-refractivity contribution in [1.29, 1.82) is 0 Å². The van der Waals surface area contributed by atoms with E-state index < -0.39 is 6.10 Å². The standard InChI is InChI=1S/C71H112O6/c1-4-7-10-13-15-17-19-21-23-25-27-29-31-33-35-37-39-41-43-45-47-49-51-53-55-58-61-64-70(73)76-67-68(66-75-69(72)63-60-57-12-9-6-3)77-71(74)65-62-59-56-54-52-50-48-46-44-42-40-38-36-34-32-30-28-26-24-22-20-18-16-14-11-8-5-2/h7-8,10-11,15-18,21-24,27-30,33-36,39,41,45,47,51,53,68H,4-6,9,12-14,19-20,25-26,31-32,37-38,40,42-44,46,48-50,52,54-67H2,1-3H3/b10-7-,11-8-,17-15-,18-16-,23-21-,24-22-,29-27-,30-28-,35-33-,36-34-,41-39-,47-45-,53-51-. The second-order valence-corrected chi connectivity index (χ2v) is 19.9. The maximum Gasteiger partial charge on any atom is 0.306 e. The SMILES string of the molecule is CC/C=C\C/C=C\C/C=C\C/C=C\C/C=C\C/C=C\C/C=C\C/C=C\CCCCC(=O)OCC(COC(=O)CCCCCCC)OC(=O)CCCCCCCCCCCCC/C=C\C/C=C\C/C=C\C/C=C\C/C=C\CC. The molecule has 6 heteroatoms. The molecule has 0 aromatic heterocycles. The minimum Gasteiger partial charge on any atom is -0.462 e. The molecule has 0 aliphatic carbocycles. The van der Waals surface area contributed by atoms with E-state index in [9.17, 15) is 14.4 Å². The molecule has 1 atom stereocenters. The van der Waals surface area contributed by atoms with Gasteiger partial charge in [0.1, 0.15) is 13.2 Å². The summed E-state index contributed by atoms with van der Waals surface area (Å²) < 4.78 is 16.7. The zero-order valence-electron chi connectivity index (χ0n) is 49.4. The maximum atomic E-state index is 12.8. The van der Waals surface area contributed by atoms with Crippen LogP contribution >= 0.6 is 0 Å². The molecule has 0 aromatic carbocycles. The molecule has 0 aromatic rings. The Morgan fingerprint density at radius 3 is 0.818 bits per heavy atom. The van der Waals surface area contributed by atoms with E-state index in [-0.39, 0.29) is 31.1 Å². The molecule has 77 heavy (non-hydrogen) atoms. The average Bonchev–Trinajstić information content (AvgIpc) is 3.43. The summed E-state index contributed by atoms with van der Waals surface area (Å²) in [6.07, 6.45) is 92.9. The zero-order valence-corrected chi connectivity index (χ0v) is 49.4. The topological polar surface area (TPSA) is 78.9 Å². The number of allylic oxidation sites excluding steroid dienone is 26. The number of ether oxygens (including phenoxy) is 3. The predicted molar refractivity (Wildman–Crippen MR) is 334 cm³/mol. The van der Waals surface area contributed by atoms with Crippen LogP contribution in [0.3, 0.4) is 0 Å². The number of hydrogen-bond donors (Lipinski definition) is 0. The molecule has 0 saturated heterocycles. The van der Waals surface area contributed by atoms with Gasteiger partial charge in [-0.15, -0.1) is 0 Å². The van der Waals surface area contributed by atoms with E-state index in [1.54, 1.807) is 0 Å². The average molecular weight is 1060 g/mol. The number of carbonyl (C=O) groups excluding carboxylic acids is 3. The van der Waals surface area contributed by atoms with Crippen LogP contribution in [0.25, 0.3) is 0 Å². The van der Waals surface area contributed by atoms with Crippen LogP contribution < -0.4 is 0 Å². The fourth-order valence-corrected chi connectivity index (χ4v) is 7.95. The largest absolute Gasteiger partial charge is 0.462 e. The normalized spacial score (nSPS) is 13.2. The summed E-state index contributed by atoms with van der Waals surface area (Å²) in [5.41, 5.74) is 0. The first-order valence-electron chi connectivity index (χ1n) is 31.0. The molecule has 0 N–H and O–H groups in total. The number of unbranched alkanes of at least 4 members (excludes halogenated alkanes) is 17. The summed E-state index contributed by atoms with van der Waals surface area (Å²) in [7, 11) is 0. The lowest BCUT2D eigenvalue weighted by molar-refractivity contribution is -0.167. The van der Waals surface area contributed by atoms with Gasteiger partial charge in [-0.2, -0.15) is 0 Å². The summed E-state index contributed by atoms with van der Waals surface area (Å²) in [4.78, 5) is 37.9. The van der Waals surface area contributed by atoms with Gasteiger partial charge in [-0.05, 0) is 128 Å². The Labute approximate surface area is 473 Å². The lowest BCUT2D eigenvalue weighted by atomic mass is 10.0. The van der Waals surface area contributed by atoms with Crippen molar-refractivity contribution in [3.8, 4) is 0 Å². The second kappa shape index (κ2) is 63.6. The molecule has 0 amide bonds. The predicted octanol–water partition coefficient (Wildman–Crippen LogP) is 21.3. The Morgan fingerprint density at radius 1 is 0.273 bits per heavy atom. The van der Waals surface area contributed by atoms with Crippen LogP contribution in [0, 0.1) is 0 Å². The Morgan fingerprint density at radius 2 is 0.506 bits per heavy atom. The maximum absolute atomic E-state index is 12.8. The minimum absolute atomic E-state index is 0.0995. The van der Waals surface area contributed by atoms with E-state index in [0.717, 1.165) is 148 Å². The first kappa shape index (κ1) is 72.0. The van der Waals surface area contributed by atoms with Crippen molar-refractivity contribution in [3.05, 3.63) is 158 Å². The fraction of sp³-hybridized carbons (Fsp3) is 0.592. The number of rotatable bonds is 54. The van der Waals surface area contributed by atoms with Crippen LogP contribution in [0.15, 0.2) is 158 Å². The molecule has 1 unspecified atom stereocenters. The highest BCUT2D eigenvalue weighted by Gasteiger charge is 2.19. The number of esters is 3. The molecular formula is C71H112O6. The van der Waals surface area contributed by atoms with Gasteiger partial charge in [-0.25, -0.2) is 0 Å². The first-order valence-corrected chi connectivity index (χ1v) is 31.0. The third kappa shape index (κ3) is 61.8. The van der Waals surface area contributed by atoms with Crippen molar-refractivity contribution >= 4 is 17.9 Å². The first-order chi connectivity index (χ1) is 38.0. The van der Waals surface area contributed by atoms with Gasteiger partial charge in [-0.3, -0.25) is 14.4 Å². The van der Waals surface area contributed by atoms with Gasteiger partial charge in [-0.1, -0.05) is 262 Å². The Kier molecular flexibility index (Phi) is 59.5. The monoisotopic (exact) mass is 1060 g/mol. The van der Waals surface area contributed by atoms with E-state index >= 15 is 0 Å². The van der Waals surface area contributed by atoms with Crippen molar-refractivity contribution in [2.75, 3.05) is 13.2 Å². The van der Waals surface area contributed by atoms with Gasteiger partial charge in [0.25, 0.3) is 0 Å². The van der Waals surface area contributed by atoms with Gasteiger partial charge in [0.2, 0.25) is 0 Å². The molecule has 432 valence electrons. The van der Waals surface area contributed by atoms with Gasteiger partial charge < -0.3 is 14.2 Å². The summed E-state index contributed by atoms with van der Waals surface area (Å²) >= 11 is 0. The number of hydrogen-bond acceptors (Lipinski definition) is 6. The minimum atomic E-state index is -0.802. The molecular weight excluding hydrogens is 949 g/mol. The lowest BCUT2D eigenvalue weighted by Crippen LogP contribution is -2.30. The molecule has 0 heterocycles. The fourth-order valence-electron chi connectivity index (χ4n) is 7.95. The second-order valence-electron chi connectivity index (χ2n) is 19.9. The summed E-state index contributed by atoms with van der Waals surface area (Å²) in [6.45, 7) is 6.28. The zero-order chi connectivity index (χ0) is 55.7. The van der Waals surface area contributed by atoms with Crippen molar-refractivity contribution in [2.45, 2.75) is 258 Å². The van der Waals surface area contributed by atoms with Crippen molar-refractivity contribution in [2.24, 2.45) is 0 Å². The van der Waals surface area contributed by atoms with Crippen LogP contribution in [0.2, 0.25) is 0 Å². The van der Waals surface area contributed by atoms with Crippen LogP contribution in [0.1, 0.15) is 252 Å². The van der Waals surface area contributed by atoms with E-state index in [1.807, 2.05) is 0 Å². The molecule has 0 saturated carbocycles. The molecule has 0 aliphatic rings. The lowest BCUT2D eigenvalue weighted by Gasteiger charge is -2.18. The van der Waals surface area contributed by atoms with Crippen molar-refractivity contribution in [1.82, 2.24) is 0 Å². The molecule has 0 aliphatic heterocycles. The van der Waals surface area contributed by atoms with Gasteiger partial charge in [0, 0.05) is 19.3 Å². The van der Waals surface area contributed by atoms with Crippen LogP contribution in [-0.4, -0.2) is 37.2 Å². The van der Waals surface area contributed by atoms with Gasteiger partial charge in [0.05, 0.1) is 0 Å². The van der Waals surface area contributed by atoms with Crippen LogP contribution in [0.5, 0.6) is 0 Å². The van der Waals surface area contributed by atoms with Crippen LogP contribution in [0.4, 0.5) is 0 Å². The number of carbonyl (C=O) groups is 3. The van der Waals surface area contributed by atoms with Gasteiger partial charge in [0.15, 0.2) is 6.10 Å². The highest BCUT2D eigenvalue weighted by atomic mass is 16.6. The van der Waals surface area contributed by atoms with Crippen molar-refractivity contribution in [3.63, 3.8) is 0 Å².